The normalized spacial score (nSPS) is 11.9. The van der Waals surface area contributed by atoms with Crippen molar-refractivity contribution in [2.24, 2.45) is 0 Å². The van der Waals surface area contributed by atoms with Crippen LogP contribution in [0, 0.1) is 0 Å². The molecule has 0 radical (unpaired) electrons. The number of rotatable bonds is 5. The highest BCUT2D eigenvalue weighted by Gasteiger charge is 2.09. The second-order valence-corrected chi connectivity index (χ2v) is 3.74. The number of nitrogen functional groups attached to an aromatic ring is 1. The zero-order chi connectivity index (χ0) is 12.8. The molecule has 0 spiro atoms. The average Bonchev–Trinajstić information content (AvgIpc) is 2.28. The number of amides is 1. The zero-order valence-electron chi connectivity index (χ0n) is 10.1. The van der Waals surface area contributed by atoms with Crippen LogP contribution in [0.4, 0.5) is 5.69 Å². The Morgan fingerprint density at radius 1 is 1.59 bits per heavy atom. The number of benzene rings is 1. The topological polar surface area (TPSA) is 84.6 Å². The molecule has 4 N–H and O–H groups in total. The number of nitrogens with one attached hydrogen (secondary N) is 1. The molecule has 0 aliphatic rings. The van der Waals surface area contributed by atoms with Gasteiger partial charge in [0.05, 0.1) is 18.4 Å². The average molecular weight is 238 g/mol. The monoisotopic (exact) mass is 238 g/mol. The fourth-order valence-corrected chi connectivity index (χ4v) is 1.32. The van der Waals surface area contributed by atoms with E-state index in [4.69, 9.17) is 15.6 Å². The third-order valence-electron chi connectivity index (χ3n) is 2.13. The smallest absolute Gasteiger partial charge is 0.251 e. The van der Waals surface area contributed by atoms with E-state index in [1.165, 1.54) is 0 Å². The highest BCUT2D eigenvalue weighted by molar-refractivity contribution is 5.95. The van der Waals surface area contributed by atoms with Crippen molar-refractivity contribution in [3.05, 3.63) is 23.8 Å². The van der Waals surface area contributed by atoms with Gasteiger partial charge in [0.1, 0.15) is 5.75 Å². The Morgan fingerprint density at radius 2 is 2.29 bits per heavy atom. The molecule has 0 saturated heterocycles. The molecule has 1 rings (SSSR count). The largest absolute Gasteiger partial charge is 0.492 e. The van der Waals surface area contributed by atoms with Gasteiger partial charge >= 0.3 is 0 Å². The maximum atomic E-state index is 11.7. The second-order valence-electron chi connectivity index (χ2n) is 3.74. The van der Waals surface area contributed by atoms with Crippen molar-refractivity contribution < 1.29 is 14.6 Å². The summed E-state index contributed by atoms with van der Waals surface area (Å²) < 4.78 is 5.27. The van der Waals surface area contributed by atoms with Crippen LogP contribution in [-0.2, 0) is 0 Å². The van der Waals surface area contributed by atoms with E-state index >= 15 is 0 Å². The summed E-state index contributed by atoms with van der Waals surface area (Å²) in [4.78, 5) is 11.7. The number of anilines is 1. The number of aliphatic hydroxyl groups is 1. The van der Waals surface area contributed by atoms with Crippen molar-refractivity contribution in [1.29, 1.82) is 0 Å². The summed E-state index contributed by atoms with van der Waals surface area (Å²) in [5.74, 6) is 0.306. The van der Waals surface area contributed by atoms with Crippen LogP contribution >= 0.6 is 0 Å². The first-order chi connectivity index (χ1) is 8.04. The summed E-state index contributed by atoms with van der Waals surface area (Å²) in [6.07, 6.45) is -0.570. The molecule has 0 unspecified atom stereocenters. The van der Waals surface area contributed by atoms with Crippen molar-refractivity contribution in [2.45, 2.75) is 20.0 Å². The maximum absolute atomic E-state index is 11.7. The van der Waals surface area contributed by atoms with Crippen LogP contribution in [0.3, 0.4) is 0 Å². The molecule has 0 aliphatic heterocycles. The third kappa shape index (κ3) is 3.96. The summed E-state index contributed by atoms with van der Waals surface area (Å²) in [7, 11) is 0. The molecule has 0 heterocycles. The number of hydrogen-bond donors (Lipinski definition) is 3. The highest BCUT2D eigenvalue weighted by Crippen LogP contribution is 2.22. The van der Waals surface area contributed by atoms with Gasteiger partial charge < -0.3 is 20.9 Å². The first-order valence-electron chi connectivity index (χ1n) is 5.53. The van der Waals surface area contributed by atoms with E-state index in [0.717, 1.165) is 0 Å². The molecule has 0 bridgehead atoms. The lowest BCUT2D eigenvalue weighted by Gasteiger charge is -2.10. The van der Waals surface area contributed by atoms with Crippen molar-refractivity contribution in [1.82, 2.24) is 5.32 Å². The second kappa shape index (κ2) is 6.10. The molecule has 5 nitrogen and oxygen atoms in total. The summed E-state index contributed by atoms with van der Waals surface area (Å²) in [5.41, 5.74) is 6.62. The van der Waals surface area contributed by atoms with Gasteiger partial charge in [0, 0.05) is 12.1 Å². The quantitative estimate of drug-likeness (QED) is 0.662. The van der Waals surface area contributed by atoms with E-state index in [1.807, 2.05) is 6.92 Å². The Hall–Kier alpha value is -1.75. The lowest BCUT2D eigenvalue weighted by atomic mass is 10.1. The molecule has 0 aromatic heterocycles. The molecule has 17 heavy (non-hydrogen) atoms. The Morgan fingerprint density at radius 3 is 2.82 bits per heavy atom. The lowest BCUT2D eigenvalue weighted by Crippen LogP contribution is -2.30. The van der Waals surface area contributed by atoms with Crippen molar-refractivity contribution in [3.8, 4) is 5.75 Å². The van der Waals surface area contributed by atoms with Crippen LogP contribution in [-0.4, -0.2) is 30.3 Å². The minimum Gasteiger partial charge on any atom is -0.492 e. The van der Waals surface area contributed by atoms with E-state index in [2.05, 4.69) is 5.32 Å². The van der Waals surface area contributed by atoms with Gasteiger partial charge in [-0.1, -0.05) is 0 Å². The fourth-order valence-electron chi connectivity index (χ4n) is 1.32. The molecular formula is C12H18N2O3. The van der Waals surface area contributed by atoms with Gasteiger partial charge in [0.15, 0.2) is 0 Å². The summed E-state index contributed by atoms with van der Waals surface area (Å²) in [6, 6.07) is 4.86. The lowest BCUT2D eigenvalue weighted by molar-refractivity contribution is 0.0924. The molecule has 94 valence electrons. The van der Waals surface area contributed by atoms with Gasteiger partial charge in [-0.3, -0.25) is 4.79 Å². The van der Waals surface area contributed by atoms with Crippen LogP contribution < -0.4 is 15.8 Å². The SMILES string of the molecule is CCOc1ccc(C(=O)NC[C@H](C)O)cc1N. The van der Waals surface area contributed by atoms with E-state index < -0.39 is 6.10 Å². The van der Waals surface area contributed by atoms with Crippen LogP contribution in [0.15, 0.2) is 18.2 Å². The number of ether oxygens (including phenoxy) is 1. The van der Waals surface area contributed by atoms with Crippen LogP contribution in [0.25, 0.3) is 0 Å². The molecule has 0 fully saturated rings. The predicted molar refractivity (Wildman–Crippen MR) is 66.0 cm³/mol. The molecule has 1 aromatic carbocycles. The van der Waals surface area contributed by atoms with Gasteiger partial charge in [0.2, 0.25) is 0 Å². The van der Waals surface area contributed by atoms with E-state index in [9.17, 15) is 4.79 Å². The van der Waals surface area contributed by atoms with Crippen LogP contribution in [0.2, 0.25) is 0 Å². The summed E-state index contributed by atoms with van der Waals surface area (Å²) in [6.45, 7) is 4.21. The Kier molecular flexibility index (Phi) is 4.78. The minimum absolute atomic E-state index is 0.214. The van der Waals surface area contributed by atoms with Gasteiger partial charge in [-0.05, 0) is 32.0 Å². The number of carbonyl (C=O) groups excluding carboxylic acids is 1. The van der Waals surface area contributed by atoms with Crippen molar-refractivity contribution >= 4 is 11.6 Å². The first-order valence-corrected chi connectivity index (χ1v) is 5.53. The van der Waals surface area contributed by atoms with E-state index in [1.54, 1.807) is 25.1 Å². The molecule has 1 atom stereocenters. The number of nitrogens with two attached hydrogens (primary N) is 1. The molecule has 5 heteroatoms. The minimum atomic E-state index is -0.570. The number of carbonyl (C=O) groups is 1. The molecule has 1 amide bonds. The zero-order valence-corrected chi connectivity index (χ0v) is 10.1. The molecule has 0 aliphatic carbocycles. The van der Waals surface area contributed by atoms with Crippen molar-refractivity contribution in [3.63, 3.8) is 0 Å². The first kappa shape index (κ1) is 13.3. The maximum Gasteiger partial charge on any atom is 0.251 e. The van der Waals surface area contributed by atoms with Gasteiger partial charge in [-0.15, -0.1) is 0 Å². The van der Waals surface area contributed by atoms with Crippen molar-refractivity contribution in [2.75, 3.05) is 18.9 Å². The number of aliphatic hydroxyl groups excluding tert-OH is 1. The van der Waals surface area contributed by atoms with Gasteiger partial charge in [0.25, 0.3) is 5.91 Å². The van der Waals surface area contributed by atoms with E-state index in [0.29, 0.717) is 23.6 Å². The summed E-state index contributed by atoms with van der Waals surface area (Å²) >= 11 is 0. The Balaban J connectivity index is 2.72. The number of hydrogen-bond acceptors (Lipinski definition) is 4. The standard InChI is InChI=1S/C12H18N2O3/c1-3-17-11-5-4-9(6-10(11)13)12(16)14-7-8(2)15/h4-6,8,15H,3,7,13H2,1-2H3,(H,14,16)/t8-/m0/s1. The van der Waals surface area contributed by atoms with E-state index in [-0.39, 0.29) is 12.5 Å². The highest BCUT2D eigenvalue weighted by atomic mass is 16.5. The summed E-state index contributed by atoms with van der Waals surface area (Å²) in [5, 5.41) is 11.6. The molecular weight excluding hydrogens is 220 g/mol. The third-order valence-corrected chi connectivity index (χ3v) is 2.13. The Bertz CT molecular complexity index is 391. The Labute approximate surface area is 101 Å². The molecule has 1 aromatic rings. The fraction of sp³-hybridized carbons (Fsp3) is 0.417. The molecule has 0 saturated carbocycles. The predicted octanol–water partition coefficient (Wildman–Crippen LogP) is 0.778. The van der Waals surface area contributed by atoms with Gasteiger partial charge in [-0.2, -0.15) is 0 Å². The van der Waals surface area contributed by atoms with Crippen LogP contribution in [0.1, 0.15) is 24.2 Å². The van der Waals surface area contributed by atoms with Gasteiger partial charge in [-0.25, -0.2) is 0 Å². The van der Waals surface area contributed by atoms with Crippen LogP contribution in [0.5, 0.6) is 5.75 Å².